The molecule has 1 aromatic carbocycles. The number of benzene rings is 1. The highest BCUT2D eigenvalue weighted by Crippen LogP contribution is 2.24. The lowest BCUT2D eigenvalue weighted by Gasteiger charge is -2.09. The minimum Gasteiger partial charge on any atom is -0.503 e. The van der Waals surface area contributed by atoms with E-state index in [1.165, 1.54) is 26.5 Å². The van der Waals surface area contributed by atoms with Crippen LogP contribution in [0, 0.1) is 6.92 Å². The van der Waals surface area contributed by atoms with Crippen LogP contribution in [-0.4, -0.2) is 25.4 Å². The lowest BCUT2D eigenvalue weighted by atomic mass is 10.0. The van der Waals surface area contributed by atoms with Gasteiger partial charge in [0.1, 0.15) is 5.57 Å². The highest BCUT2D eigenvalue weighted by molar-refractivity contribution is 6.16. The molecule has 5 nitrogen and oxygen atoms in total. The van der Waals surface area contributed by atoms with Crippen LogP contribution in [0.4, 0.5) is 0 Å². The fourth-order valence-corrected chi connectivity index (χ4v) is 1.40. The molecule has 1 aromatic rings. The predicted octanol–water partition coefficient (Wildman–Crippen LogP) is 2.01. The molecule has 0 spiro atoms. The maximum absolute atomic E-state index is 11.6. The van der Waals surface area contributed by atoms with Crippen LogP contribution in [0.2, 0.25) is 0 Å². The molecule has 92 valence electrons. The van der Waals surface area contributed by atoms with E-state index in [0.717, 1.165) is 5.56 Å². The number of methoxy groups -OCH3 is 2. The molecule has 0 saturated heterocycles. The molecule has 0 saturated carbocycles. The van der Waals surface area contributed by atoms with Crippen LogP contribution in [0.3, 0.4) is 0 Å². The fraction of sp³-hybridized carbons (Fsp3) is 0.250. The van der Waals surface area contributed by atoms with Gasteiger partial charge in [-0.1, -0.05) is 6.07 Å². The Morgan fingerprint density at radius 2 is 2.06 bits per heavy atom. The van der Waals surface area contributed by atoms with Gasteiger partial charge in [0.25, 0.3) is 0 Å². The molecule has 0 fully saturated rings. The summed E-state index contributed by atoms with van der Waals surface area (Å²) in [5.41, 5.74) is 1.66. The van der Waals surface area contributed by atoms with E-state index in [-0.39, 0.29) is 11.3 Å². The van der Waals surface area contributed by atoms with E-state index < -0.39 is 5.97 Å². The van der Waals surface area contributed by atoms with Gasteiger partial charge in [-0.05, 0) is 30.2 Å². The molecule has 0 aliphatic carbocycles. The first-order valence-corrected chi connectivity index (χ1v) is 4.87. The highest BCUT2D eigenvalue weighted by Gasteiger charge is 2.16. The second-order valence-corrected chi connectivity index (χ2v) is 3.33. The molecule has 0 unspecified atom stereocenters. The molecule has 0 amide bonds. The van der Waals surface area contributed by atoms with Gasteiger partial charge in [0.2, 0.25) is 0 Å². The van der Waals surface area contributed by atoms with Crippen molar-refractivity contribution in [3.63, 3.8) is 0 Å². The quantitative estimate of drug-likeness (QED) is 0.286. The number of hydrogen-bond acceptors (Lipinski definition) is 5. The van der Waals surface area contributed by atoms with E-state index >= 15 is 0 Å². The van der Waals surface area contributed by atoms with Gasteiger partial charge >= 0.3 is 5.97 Å². The van der Waals surface area contributed by atoms with Crippen molar-refractivity contribution in [1.82, 2.24) is 0 Å². The predicted molar refractivity (Wildman–Crippen MR) is 61.4 cm³/mol. The normalized spacial score (nSPS) is 10.9. The molecular formula is C12H14O5. The zero-order chi connectivity index (χ0) is 12.8. The van der Waals surface area contributed by atoms with Crippen LogP contribution >= 0.6 is 0 Å². The molecule has 0 aliphatic heterocycles. The smallest absolute Gasteiger partial charge is 0.341 e. The summed E-state index contributed by atoms with van der Waals surface area (Å²) in [5.74, 6) is -0.290. The third kappa shape index (κ3) is 2.98. The highest BCUT2D eigenvalue weighted by atomic mass is 17.1. The molecule has 1 N–H and O–H groups in total. The van der Waals surface area contributed by atoms with Crippen molar-refractivity contribution >= 4 is 11.5 Å². The van der Waals surface area contributed by atoms with Crippen LogP contribution in [0.25, 0.3) is 5.57 Å². The van der Waals surface area contributed by atoms with E-state index in [2.05, 4.69) is 9.62 Å². The molecular weight excluding hydrogens is 224 g/mol. The van der Waals surface area contributed by atoms with Crippen LogP contribution in [0.5, 0.6) is 5.75 Å². The fourth-order valence-electron chi connectivity index (χ4n) is 1.40. The third-order valence-corrected chi connectivity index (χ3v) is 2.25. The maximum atomic E-state index is 11.6. The summed E-state index contributed by atoms with van der Waals surface area (Å²) in [5, 5.41) is 8.59. The summed E-state index contributed by atoms with van der Waals surface area (Å²) in [6.45, 7) is 1.82. The van der Waals surface area contributed by atoms with Crippen molar-refractivity contribution in [3.05, 3.63) is 35.6 Å². The van der Waals surface area contributed by atoms with E-state index in [4.69, 9.17) is 9.99 Å². The van der Waals surface area contributed by atoms with Crippen LogP contribution in [0.1, 0.15) is 11.1 Å². The standard InChI is InChI=1S/C12H14O5/c1-8-4-5-9(17-14)6-10(8)11(7-15-2)12(13)16-3/h4-7,14H,1-3H3/b11-7+. The summed E-state index contributed by atoms with van der Waals surface area (Å²) >= 11 is 0. The Morgan fingerprint density at radius 1 is 1.35 bits per heavy atom. The number of carbonyl (C=O) groups excluding carboxylic acids is 1. The van der Waals surface area contributed by atoms with Gasteiger partial charge < -0.3 is 14.4 Å². The Labute approximate surface area is 99.2 Å². The number of hydrogen-bond donors (Lipinski definition) is 1. The second-order valence-electron chi connectivity index (χ2n) is 3.33. The lowest BCUT2D eigenvalue weighted by molar-refractivity contribution is -0.137. The van der Waals surface area contributed by atoms with E-state index in [0.29, 0.717) is 5.56 Å². The average molecular weight is 238 g/mol. The van der Waals surface area contributed by atoms with E-state index in [1.807, 2.05) is 6.92 Å². The van der Waals surface area contributed by atoms with Crippen molar-refractivity contribution in [2.75, 3.05) is 14.2 Å². The van der Waals surface area contributed by atoms with Crippen molar-refractivity contribution < 1.29 is 24.4 Å². The SMILES string of the molecule is CO/C=C(/C(=O)OC)c1cc(OO)ccc1C. The molecule has 0 atom stereocenters. The van der Waals surface area contributed by atoms with E-state index in [9.17, 15) is 4.79 Å². The first-order chi connectivity index (χ1) is 8.13. The Bertz CT molecular complexity index is 437. The number of carbonyl (C=O) groups is 1. The number of ether oxygens (including phenoxy) is 2. The first kappa shape index (κ1) is 13.1. The molecule has 1 rings (SSSR count). The summed E-state index contributed by atoms with van der Waals surface area (Å²) in [6.07, 6.45) is 1.29. The van der Waals surface area contributed by atoms with Crippen molar-refractivity contribution in [2.45, 2.75) is 6.92 Å². The minimum absolute atomic E-state index is 0.233. The third-order valence-electron chi connectivity index (χ3n) is 2.25. The first-order valence-electron chi connectivity index (χ1n) is 4.87. The van der Waals surface area contributed by atoms with Gasteiger partial charge in [0.05, 0.1) is 20.5 Å². The zero-order valence-corrected chi connectivity index (χ0v) is 9.89. The van der Waals surface area contributed by atoms with Gasteiger partial charge in [-0.15, -0.1) is 0 Å². The topological polar surface area (TPSA) is 65.0 Å². The van der Waals surface area contributed by atoms with Crippen LogP contribution in [0.15, 0.2) is 24.5 Å². The minimum atomic E-state index is -0.523. The number of esters is 1. The number of rotatable bonds is 4. The summed E-state index contributed by atoms with van der Waals surface area (Å²) in [4.78, 5) is 15.7. The summed E-state index contributed by atoms with van der Waals surface area (Å²) in [7, 11) is 2.72. The lowest BCUT2D eigenvalue weighted by Crippen LogP contribution is -2.06. The Morgan fingerprint density at radius 3 is 2.59 bits per heavy atom. The average Bonchev–Trinajstić information content (AvgIpc) is 2.36. The van der Waals surface area contributed by atoms with E-state index in [1.54, 1.807) is 12.1 Å². The zero-order valence-electron chi connectivity index (χ0n) is 9.89. The molecule has 0 heterocycles. The van der Waals surface area contributed by atoms with Gasteiger partial charge in [0, 0.05) is 0 Å². The van der Waals surface area contributed by atoms with Gasteiger partial charge in [-0.3, -0.25) is 0 Å². The molecule has 0 bridgehead atoms. The molecule has 0 aliphatic rings. The molecule has 0 aromatic heterocycles. The van der Waals surface area contributed by atoms with Crippen LogP contribution in [-0.2, 0) is 14.3 Å². The monoisotopic (exact) mass is 238 g/mol. The van der Waals surface area contributed by atoms with Gasteiger partial charge in [0.15, 0.2) is 5.75 Å². The van der Waals surface area contributed by atoms with Crippen molar-refractivity contribution in [2.24, 2.45) is 0 Å². The van der Waals surface area contributed by atoms with Crippen molar-refractivity contribution in [1.29, 1.82) is 0 Å². The molecule has 5 heteroatoms. The van der Waals surface area contributed by atoms with Crippen molar-refractivity contribution in [3.8, 4) is 5.75 Å². The molecule has 17 heavy (non-hydrogen) atoms. The molecule has 0 radical (unpaired) electrons. The number of aryl methyl sites for hydroxylation is 1. The summed E-state index contributed by atoms with van der Waals surface area (Å²) < 4.78 is 9.50. The maximum Gasteiger partial charge on any atom is 0.341 e. The summed E-state index contributed by atoms with van der Waals surface area (Å²) in [6, 6.07) is 4.82. The second kappa shape index (κ2) is 5.91. The Balaban J connectivity index is 3.27. The van der Waals surface area contributed by atoms with Crippen LogP contribution < -0.4 is 4.89 Å². The Hall–Kier alpha value is -2.01. The van der Waals surface area contributed by atoms with Gasteiger partial charge in [-0.25, -0.2) is 10.1 Å². The van der Waals surface area contributed by atoms with Gasteiger partial charge in [-0.2, -0.15) is 0 Å². The largest absolute Gasteiger partial charge is 0.503 e. The Kier molecular flexibility index (Phi) is 4.54.